The zero-order valence-electron chi connectivity index (χ0n) is 9.36. The Labute approximate surface area is 103 Å². The van der Waals surface area contributed by atoms with Crippen molar-refractivity contribution in [2.45, 2.75) is 13.8 Å². The van der Waals surface area contributed by atoms with Crippen LogP contribution in [0, 0.1) is 13.8 Å². The average molecular weight is 252 g/mol. The summed E-state index contributed by atoms with van der Waals surface area (Å²) in [6, 6.07) is 5.25. The van der Waals surface area contributed by atoms with Crippen LogP contribution in [0.2, 0.25) is 0 Å². The molecule has 0 atom stereocenters. The van der Waals surface area contributed by atoms with Crippen LogP contribution in [0.4, 0.5) is 0 Å². The van der Waals surface area contributed by atoms with Gasteiger partial charge < -0.3 is 8.81 Å². The van der Waals surface area contributed by atoms with Crippen molar-refractivity contribution in [3.63, 3.8) is 0 Å². The summed E-state index contributed by atoms with van der Waals surface area (Å²) in [7, 11) is 0. The summed E-state index contributed by atoms with van der Waals surface area (Å²) in [5, 5.41) is 3.72. The van der Waals surface area contributed by atoms with Gasteiger partial charge in [0.2, 0.25) is 0 Å². The van der Waals surface area contributed by atoms with Gasteiger partial charge in [-0.15, -0.1) is 0 Å². The van der Waals surface area contributed by atoms with E-state index in [1.165, 1.54) is 0 Å². The summed E-state index contributed by atoms with van der Waals surface area (Å²) in [6.07, 6.45) is 1.63. The maximum atomic E-state index is 11.4. The number of rotatable bonds is 2. The lowest BCUT2D eigenvalue weighted by atomic mass is 9.99. The predicted molar refractivity (Wildman–Crippen MR) is 62.7 cm³/mol. The van der Waals surface area contributed by atoms with E-state index in [0.717, 1.165) is 16.7 Å². The number of hydrogen-bond donors (Lipinski definition) is 0. The minimum atomic E-state index is -0.580. The highest BCUT2D eigenvalue weighted by atomic mass is 35.5. The first kappa shape index (κ1) is 11.7. The minimum Gasteiger partial charge on any atom is -0.356 e. The molecule has 1 aromatic heterocycles. The number of benzene rings is 1. The van der Waals surface area contributed by atoms with Gasteiger partial charge in [-0.3, -0.25) is 0 Å². The third-order valence-corrected chi connectivity index (χ3v) is 2.76. The fourth-order valence-electron chi connectivity index (χ4n) is 1.69. The Morgan fingerprint density at radius 3 is 2.76 bits per heavy atom. The van der Waals surface area contributed by atoms with Crippen molar-refractivity contribution >= 4 is 17.8 Å². The first-order valence-electron chi connectivity index (χ1n) is 4.99. The molecular weight excluding hydrogens is 242 g/mol. The normalized spacial score (nSPS) is 10.3. The van der Waals surface area contributed by atoms with E-state index in [4.69, 9.17) is 16.4 Å². The third kappa shape index (κ3) is 2.03. The standard InChI is InChI=1S/C12H10ClNO3/c1-7-6-14-17-11(7)9-4-3-5-10(8(9)2)12(15)16-13/h3-6H,1-2H3. The van der Waals surface area contributed by atoms with Crippen LogP contribution >= 0.6 is 11.9 Å². The molecule has 0 aliphatic heterocycles. The highest BCUT2D eigenvalue weighted by molar-refractivity contribution is 6.16. The molecule has 0 aliphatic rings. The summed E-state index contributed by atoms with van der Waals surface area (Å²) in [5.41, 5.74) is 2.87. The molecule has 2 aromatic rings. The van der Waals surface area contributed by atoms with Crippen molar-refractivity contribution in [3.8, 4) is 11.3 Å². The number of carbonyl (C=O) groups is 1. The molecular formula is C12H10ClNO3. The second-order valence-corrected chi connectivity index (χ2v) is 3.83. The van der Waals surface area contributed by atoms with Crippen LogP contribution in [0.15, 0.2) is 28.9 Å². The Morgan fingerprint density at radius 1 is 1.41 bits per heavy atom. The monoisotopic (exact) mass is 251 g/mol. The van der Waals surface area contributed by atoms with E-state index in [2.05, 4.69) is 9.45 Å². The Bertz CT molecular complexity index is 563. The zero-order valence-corrected chi connectivity index (χ0v) is 10.1. The maximum Gasteiger partial charge on any atom is 0.356 e. The molecule has 2 rings (SSSR count). The Hall–Kier alpha value is -1.81. The zero-order chi connectivity index (χ0) is 12.4. The summed E-state index contributed by atoms with van der Waals surface area (Å²) in [4.78, 5) is 11.4. The molecule has 0 fully saturated rings. The lowest BCUT2D eigenvalue weighted by molar-refractivity contribution is 0.0750. The predicted octanol–water partition coefficient (Wildman–Crippen LogP) is 3.27. The van der Waals surface area contributed by atoms with E-state index < -0.39 is 5.97 Å². The van der Waals surface area contributed by atoms with Gasteiger partial charge in [-0.05, 0) is 25.5 Å². The second-order valence-electron chi connectivity index (χ2n) is 3.68. The quantitative estimate of drug-likeness (QED) is 0.822. The van der Waals surface area contributed by atoms with Gasteiger partial charge in [-0.1, -0.05) is 17.3 Å². The molecule has 17 heavy (non-hydrogen) atoms. The highest BCUT2D eigenvalue weighted by Gasteiger charge is 2.16. The van der Waals surface area contributed by atoms with Crippen LogP contribution in [-0.2, 0) is 4.29 Å². The number of nitrogens with zero attached hydrogens (tertiary/aromatic N) is 1. The molecule has 0 saturated carbocycles. The molecule has 4 nitrogen and oxygen atoms in total. The molecule has 1 aromatic carbocycles. The summed E-state index contributed by atoms with van der Waals surface area (Å²) in [6.45, 7) is 3.69. The lowest BCUT2D eigenvalue weighted by Gasteiger charge is -2.06. The second kappa shape index (κ2) is 4.59. The van der Waals surface area contributed by atoms with Gasteiger partial charge in [-0.2, -0.15) is 0 Å². The number of aromatic nitrogens is 1. The smallest absolute Gasteiger partial charge is 0.356 e. The average Bonchev–Trinajstić information content (AvgIpc) is 2.75. The Morgan fingerprint density at radius 2 is 2.18 bits per heavy atom. The highest BCUT2D eigenvalue weighted by Crippen LogP contribution is 2.28. The van der Waals surface area contributed by atoms with Crippen LogP contribution < -0.4 is 0 Å². The number of halogens is 1. The minimum absolute atomic E-state index is 0.410. The van der Waals surface area contributed by atoms with E-state index in [-0.39, 0.29) is 0 Å². The largest absolute Gasteiger partial charge is 0.356 e. The third-order valence-electron chi connectivity index (χ3n) is 2.62. The Kier molecular flexibility index (Phi) is 3.15. The van der Waals surface area contributed by atoms with Crippen molar-refractivity contribution in [2.75, 3.05) is 0 Å². The van der Waals surface area contributed by atoms with E-state index in [0.29, 0.717) is 11.3 Å². The SMILES string of the molecule is Cc1cnoc1-c1cccc(C(=O)OCl)c1C. The first-order chi connectivity index (χ1) is 8.15. The number of hydrogen-bond acceptors (Lipinski definition) is 4. The van der Waals surface area contributed by atoms with Crippen LogP contribution in [0.1, 0.15) is 21.5 Å². The molecule has 0 unspecified atom stereocenters. The molecule has 0 amide bonds. The van der Waals surface area contributed by atoms with Gasteiger partial charge in [0.15, 0.2) is 5.76 Å². The van der Waals surface area contributed by atoms with Crippen LogP contribution in [0.5, 0.6) is 0 Å². The van der Waals surface area contributed by atoms with Gasteiger partial charge in [0, 0.05) is 11.1 Å². The van der Waals surface area contributed by atoms with Crippen molar-refractivity contribution in [3.05, 3.63) is 41.1 Å². The van der Waals surface area contributed by atoms with Gasteiger partial charge in [0.1, 0.15) is 11.9 Å². The van der Waals surface area contributed by atoms with E-state index in [1.54, 1.807) is 25.3 Å². The van der Waals surface area contributed by atoms with E-state index in [1.807, 2.05) is 13.0 Å². The van der Waals surface area contributed by atoms with Crippen LogP contribution in [0.3, 0.4) is 0 Å². The van der Waals surface area contributed by atoms with Crippen molar-refractivity contribution < 1.29 is 13.6 Å². The van der Waals surface area contributed by atoms with Crippen LogP contribution in [-0.4, -0.2) is 11.1 Å². The summed E-state index contributed by atoms with van der Waals surface area (Å²) in [5.74, 6) is 0.0647. The molecule has 0 saturated heterocycles. The maximum absolute atomic E-state index is 11.4. The fraction of sp³-hybridized carbons (Fsp3) is 0.167. The first-order valence-corrected chi connectivity index (χ1v) is 5.30. The topological polar surface area (TPSA) is 52.3 Å². The Balaban J connectivity index is 2.57. The summed E-state index contributed by atoms with van der Waals surface area (Å²) < 4.78 is 9.37. The van der Waals surface area contributed by atoms with Gasteiger partial charge in [0.05, 0.1) is 11.8 Å². The van der Waals surface area contributed by atoms with Crippen molar-refractivity contribution in [1.29, 1.82) is 0 Å². The molecule has 0 bridgehead atoms. The molecule has 0 N–H and O–H groups in total. The lowest BCUT2D eigenvalue weighted by Crippen LogP contribution is -2.02. The van der Waals surface area contributed by atoms with E-state index >= 15 is 0 Å². The number of carbonyl (C=O) groups excluding carboxylic acids is 1. The van der Waals surface area contributed by atoms with Crippen molar-refractivity contribution in [2.24, 2.45) is 0 Å². The molecule has 1 heterocycles. The molecule has 88 valence electrons. The van der Waals surface area contributed by atoms with E-state index in [9.17, 15) is 4.79 Å². The molecule has 0 radical (unpaired) electrons. The van der Waals surface area contributed by atoms with Gasteiger partial charge in [0.25, 0.3) is 0 Å². The fourth-order valence-corrected chi connectivity index (χ4v) is 1.78. The summed E-state index contributed by atoms with van der Waals surface area (Å²) >= 11 is 5.08. The molecule has 5 heteroatoms. The number of aryl methyl sites for hydroxylation is 1. The van der Waals surface area contributed by atoms with Gasteiger partial charge in [-0.25, -0.2) is 4.79 Å². The van der Waals surface area contributed by atoms with Crippen LogP contribution in [0.25, 0.3) is 11.3 Å². The van der Waals surface area contributed by atoms with Crippen molar-refractivity contribution in [1.82, 2.24) is 5.16 Å². The van der Waals surface area contributed by atoms with Gasteiger partial charge >= 0.3 is 5.97 Å². The molecule has 0 aliphatic carbocycles. The molecule has 0 spiro atoms.